The first-order valence-electron chi connectivity index (χ1n) is 7.45. The minimum absolute atomic E-state index is 0.244. The second-order valence-electron chi connectivity index (χ2n) is 6.81. The number of hydrogen-bond acceptors (Lipinski definition) is 3. The highest BCUT2D eigenvalue weighted by molar-refractivity contribution is 5.67. The molecule has 112 valence electrons. The average molecular weight is 270 g/mol. The van der Waals surface area contributed by atoms with E-state index >= 15 is 0 Å². The second-order valence-corrected chi connectivity index (χ2v) is 6.81. The summed E-state index contributed by atoms with van der Waals surface area (Å²) in [6, 6.07) is 0.628. The van der Waals surface area contributed by atoms with Gasteiger partial charge in [0.15, 0.2) is 0 Å². The monoisotopic (exact) mass is 270 g/mol. The molecular weight excluding hydrogens is 240 g/mol. The van der Waals surface area contributed by atoms with E-state index in [0.29, 0.717) is 12.6 Å². The van der Waals surface area contributed by atoms with Crippen LogP contribution in [-0.4, -0.2) is 42.8 Å². The van der Waals surface area contributed by atoms with Gasteiger partial charge >= 0.3 is 6.09 Å². The van der Waals surface area contributed by atoms with E-state index < -0.39 is 5.60 Å². The van der Waals surface area contributed by atoms with Gasteiger partial charge in [-0.3, -0.25) is 0 Å². The summed E-state index contributed by atoms with van der Waals surface area (Å²) >= 11 is 0. The number of amides is 1. The molecule has 0 aromatic carbocycles. The maximum absolute atomic E-state index is 11.8. The summed E-state index contributed by atoms with van der Waals surface area (Å²) in [6.45, 7) is 9.53. The average Bonchev–Trinajstić information content (AvgIpc) is 2.29. The number of ether oxygens (including phenoxy) is 1. The van der Waals surface area contributed by atoms with E-state index in [1.807, 2.05) is 20.8 Å². The molecule has 1 aliphatic carbocycles. The van der Waals surface area contributed by atoms with Crippen molar-refractivity contribution in [1.29, 1.82) is 0 Å². The summed E-state index contributed by atoms with van der Waals surface area (Å²) in [7, 11) is 1.79. The molecule has 1 rings (SSSR count). The van der Waals surface area contributed by atoms with E-state index in [1.165, 1.54) is 25.7 Å². The second kappa shape index (κ2) is 7.13. The molecular formula is C15H30N2O2. The summed E-state index contributed by atoms with van der Waals surface area (Å²) in [5.41, 5.74) is -0.418. The van der Waals surface area contributed by atoms with Crippen LogP contribution in [0.4, 0.5) is 4.79 Å². The first-order chi connectivity index (χ1) is 8.78. The number of carbonyl (C=O) groups is 1. The molecule has 0 heterocycles. The van der Waals surface area contributed by atoms with Gasteiger partial charge < -0.3 is 15.0 Å². The van der Waals surface area contributed by atoms with Crippen LogP contribution in [0.2, 0.25) is 0 Å². The Bertz CT molecular complexity index is 278. The van der Waals surface area contributed by atoms with Crippen LogP contribution in [0.1, 0.15) is 53.4 Å². The molecule has 0 aliphatic heterocycles. The largest absolute Gasteiger partial charge is 0.444 e. The van der Waals surface area contributed by atoms with Gasteiger partial charge in [0.05, 0.1) is 0 Å². The summed E-state index contributed by atoms with van der Waals surface area (Å²) in [6.07, 6.45) is 4.92. The van der Waals surface area contributed by atoms with Gasteiger partial charge in [0.25, 0.3) is 0 Å². The molecule has 1 aliphatic rings. The number of rotatable bonds is 4. The highest BCUT2D eigenvalue weighted by atomic mass is 16.6. The third-order valence-electron chi connectivity index (χ3n) is 3.60. The Morgan fingerprint density at radius 3 is 2.37 bits per heavy atom. The predicted octanol–water partition coefficient (Wildman–Crippen LogP) is 3.02. The smallest absolute Gasteiger partial charge is 0.410 e. The number of nitrogens with zero attached hydrogens (tertiary/aromatic N) is 1. The third-order valence-corrected chi connectivity index (χ3v) is 3.60. The standard InChI is InChI=1S/C15H30N2O2/c1-12-6-8-13(9-7-12)16-10-11-17(5)14(18)19-15(2,3)4/h12-13,16H,6-11H2,1-5H3. The van der Waals surface area contributed by atoms with Crippen LogP contribution in [0.5, 0.6) is 0 Å². The molecule has 1 amide bonds. The van der Waals surface area contributed by atoms with Crippen molar-refractivity contribution in [3.05, 3.63) is 0 Å². The van der Waals surface area contributed by atoms with Crippen LogP contribution in [0.25, 0.3) is 0 Å². The third kappa shape index (κ3) is 6.81. The summed E-state index contributed by atoms with van der Waals surface area (Å²) < 4.78 is 5.32. The van der Waals surface area contributed by atoms with Gasteiger partial charge in [0, 0.05) is 26.2 Å². The molecule has 0 bridgehead atoms. The zero-order valence-electron chi connectivity index (χ0n) is 13.2. The molecule has 1 N–H and O–H groups in total. The SMILES string of the molecule is CC1CCC(NCCN(C)C(=O)OC(C)(C)C)CC1. The Morgan fingerprint density at radius 2 is 1.84 bits per heavy atom. The van der Waals surface area contributed by atoms with Gasteiger partial charge in [-0.05, 0) is 52.4 Å². The number of nitrogens with one attached hydrogen (secondary N) is 1. The van der Waals surface area contributed by atoms with Gasteiger partial charge in [-0.25, -0.2) is 4.79 Å². The Morgan fingerprint density at radius 1 is 1.26 bits per heavy atom. The van der Waals surface area contributed by atoms with E-state index in [9.17, 15) is 4.79 Å². The van der Waals surface area contributed by atoms with Gasteiger partial charge in [-0.1, -0.05) is 6.92 Å². The summed E-state index contributed by atoms with van der Waals surface area (Å²) in [5, 5.41) is 3.54. The summed E-state index contributed by atoms with van der Waals surface area (Å²) in [5.74, 6) is 0.877. The predicted molar refractivity (Wildman–Crippen MR) is 78.3 cm³/mol. The maximum atomic E-state index is 11.8. The molecule has 0 saturated heterocycles. The van der Waals surface area contributed by atoms with Crippen molar-refractivity contribution in [3.63, 3.8) is 0 Å². The molecule has 1 saturated carbocycles. The van der Waals surface area contributed by atoms with Gasteiger partial charge in [-0.2, -0.15) is 0 Å². The van der Waals surface area contributed by atoms with Crippen molar-refractivity contribution < 1.29 is 9.53 Å². The first kappa shape index (κ1) is 16.3. The van der Waals surface area contributed by atoms with E-state index in [0.717, 1.165) is 12.5 Å². The van der Waals surface area contributed by atoms with Crippen molar-refractivity contribution in [2.45, 2.75) is 65.0 Å². The van der Waals surface area contributed by atoms with Gasteiger partial charge in [0.1, 0.15) is 5.60 Å². The molecule has 4 heteroatoms. The Balaban J connectivity index is 2.16. The van der Waals surface area contributed by atoms with Crippen LogP contribution in [0.3, 0.4) is 0 Å². The van der Waals surface area contributed by atoms with Gasteiger partial charge in [0.2, 0.25) is 0 Å². The highest BCUT2D eigenvalue weighted by Gasteiger charge is 2.20. The molecule has 0 aromatic heterocycles. The highest BCUT2D eigenvalue weighted by Crippen LogP contribution is 2.23. The zero-order valence-corrected chi connectivity index (χ0v) is 13.2. The van der Waals surface area contributed by atoms with Crippen LogP contribution in [0, 0.1) is 5.92 Å². The minimum atomic E-state index is -0.418. The molecule has 0 atom stereocenters. The normalized spacial score (nSPS) is 24.1. The topological polar surface area (TPSA) is 41.6 Å². The van der Waals surface area contributed by atoms with Crippen LogP contribution in [0.15, 0.2) is 0 Å². The lowest BCUT2D eigenvalue weighted by Crippen LogP contribution is -2.41. The number of likely N-dealkylation sites (N-methyl/N-ethyl adjacent to an activating group) is 1. The zero-order chi connectivity index (χ0) is 14.5. The van der Waals surface area contributed by atoms with Crippen molar-refractivity contribution in [1.82, 2.24) is 10.2 Å². The molecule has 1 fully saturated rings. The van der Waals surface area contributed by atoms with Crippen molar-refractivity contribution in [3.8, 4) is 0 Å². The van der Waals surface area contributed by atoms with Crippen LogP contribution < -0.4 is 5.32 Å². The number of carbonyl (C=O) groups excluding carboxylic acids is 1. The van der Waals surface area contributed by atoms with E-state index in [1.54, 1.807) is 11.9 Å². The molecule has 4 nitrogen and oxygen atoms in total. The quantitative estimate of drug-likeness (QED) is 0.854. The number of hydrogen-bond donors (Lipinski definition) is 1. The lowest BCUT2D eigenvalue weighted by atomic mass is 9.87. The minimum Gasteiger partial charge on any atom is -0.444 e. The Kier molecular flexibility index (Phi) is 6.11. The summed E-state index contributed by atoms with van der Waals surface area (Å²) in [4.78, 5) is 13.4. The van der Waals surface area contributed by atoms with Crippen LogP contribution in [-0.2, 0) is 4.74 Å². The maximum Gasteiger partial charge on any atom is 0.410 e. The Labute approximate surface area is 117 Å². The van der Waals surface area contributed by atoms with Crippen molar-refractivity contribution in [2.24, 2.45) is 5.92 Å². The fourth-order valence-corrected chi connectivity index (χ4v) is 2.33. The molecule has 0 spiro atoms. The van der Waals surface area contributed by atoms with Crippen molar-refractivity contribution >= 4 is 6.09 Å². The van der Waals surface area contributed by atoms with E-state index in [-0.39, 0.29) is 6.09 Å². The molecule has 0 radical (unpaired) electrons. The van der Waals surface area contributed by atoms with E-state index in [4.69, 9.17) is 4.74 Å². The fraction of sp³-hybridized carbons (Fsp3) is 0.933. The molecule has 0 unspecified atom stereocenters. The Hall–Kier alpha value is -0.770. The van der Waals surface area contributed by atoms with Crippen molar-refractivity contribution in [2.75, 3.05) is 20.1 Å². The van der Waals surface area contributed by atoms with E-state index in [2.05, 4.69) is 12.2 Å². The van der Waals surface area contributed by atoms with Crippen LogP contribution >= 0.6 is 0 Å². The first-order valence-corrected chi connectivity index (χ1v) is 7.45. The molecule has 19 heavy (non-hydrogen) atoms. The fourth-order valence-electron chi connectivity index (χ4n) is 2.33. The van der Waals surface area contributed by atoms with Gasteiger partial charge in [-0.15, -0.1) is 0 Å². The molecule has 0 aromatic rings. The lowest BCUT2D eigenvalue weighted by molar-refractivity contribution is 0.0299. The lowest BCUT2D eigenvalue weighted by Gasteiger charge is -2.28.